The molecule has 0 saturated carbocycles. The number of hydrogen-bond donors (Lipinski definition) is 2. The van der Waals surface area contributed by atoms with Crippen molar-refractivity contribution >= 4 is 11.6 Å². The third-order valence-corrected chi connectivity index (χ3v) is 3.50. The molecule has 1 heterocycles. The number of carbonyl (C=O) groups excluding carboxylic acids is 1. The first-order valence-electron chi connectivity index (χ1n) is 6.87. The highest BCUT2D eigenvalue weighted by molar-refractivity contribution is 5.92. The Labute approximate surface area is 116 Å². The van der Waals surface area contributed by atoms with E-state index in [0.717, 1.165) is 5.69 Å². The molecule has 0 aromatic carbocycles. The number of aromatic nitrogens is 1. The van der Waals surface area contributed by atoms with Crippen LogP contribution in [0.5, 0.6) is 0 Å². The number of pyridine rings is 1. The average Bonchev–Trinajstić information content (AvgIpc) is 2.38. The first-order valence-corrected chi connectivity index (χ1v) is 6.87. The van der Waals surface area contributed by atoms with E-state index in [2.05, 4.69) is 43.3 Å². The molecular weight excluding hydrogens is 238 g/mol. The van der Waals surface area contributed by atoms with E-state index < -0.39 is 0 Å². The summed E-state index contributed by atoms with van der Waals surface area (Å²) in [6.45, 7) is 9.46. The predicted octanol–water partition coefficient (Wildman–Crippen LogP) is 2.78. The van der Waals surface area contributed by atoms with Gasteiger partial charge in [-0.25, -0.2) is 4.98 Å². The molecule has 0 fully saturated rings. The number of anilines is 1. The van der Waals surface area contributed by atoms with Crippen LogP contribution in [0, 0.1) is 17.8 Å². The van der Waals surface area contributed by atoms with E-state index in [4.69, 9.17) is 0 Å². The molecule has 1 amide bonds. The van der Waals surface area contributed by atoms with Gasteiger partial charge >= 0.3 is 0 Å². The predicted molar refractivity (Wildman–Crippen MR) is 79.3 cm³/mol. The topological polar surface area (TPSA) is 54.0 Å². The summed E-state index contributed by atoms with van der Waals surface area (Å²) in [6, 6.07) is 3.59. The highest BCUT2D eigenvalue weighted by Gasteiger charge is 2.18. The Morgan fingerprint density at radius 3 is 2.26 bits per heavy atom. The standard InChI is InChI=1S/C15H25N3O/c1-10(2)13(11(3)4)9-18-15(19)14-7-6-12(16-5)8-17-14/h6-8,10-11,13,16H,9H2,1-5H3,(H,18,19). The second-order valence-electron chi connectivity index (χ2n) is 5.54. The molecule has 0 aliphatic carbocycles. The van der Waals surface area contributed by atoms with E-state index in [-0.39, 0.29) is 5.91 Å². The van der Waals surface area contributed by atoms with Crippen molar-refractivity contribution in [2.45, 2.75) is 27.7 Å². The molecule has 0 atom stereocenters. The van der Waals surface area contributed by atoms with Crippen molar-refractivity contribution in [3.05, 3.63) is 24.0 Å². The van der Waals surface area contributed by atoms with Gasteiger partial charge in [-0.3, -0.25) is 4.79 Å². The molecule has 0 unspecified atom stereocenters. The van der Waals surface area contributed by atoms with Crippen LogP contribution in [-0.4, -0.2) is 24.5 Å². The van der Waals surface area contributed by atoms with E-state index in [0.29, 0.717) is 30.0 Å². The van der Waals surface area contributed by atoms with Crippen LogP contribution in [-0.2, 0) is 0 Å². The monoisotopic (exact) mass is 263 g/mol. The molecule has 0 spiro atoms. The Balaban J connectivity index is 2.58. The summed E-state index contributed by atoms with van der Waals surface area (Å²) >= 11 is 0. The highest BCUT2D eigenvalue weighted by atomic mass is 16.1. The Morgan fingerprint density at radius 2 is 1.84 bits per heavy atom. The van der Waals surface area contributed by atoms with Crippen LogP contribution in [0.3, 0.4) is 0 Å². The summed E-state index contributed by atoms with van der Waals surface area (Å²) in [5.74, 6) is 1.49. The first kappa shape index (κ1) is 15.5. The zero-order valence-corrected chi connectivity index (χ0v) is 12.5. The van der Waals surface area contributed by atoms with Crippen LogP contribution in [0.2, 0.25) is 0 Å². The molecule has 19 heavy (non-hydrogen) atoms. The maximum atomic E-state index is 12.0. The molecule has 0 aliphatic rings. The van der Waals surface area contributed by atoms with Crippen LogP contribution < -0.4 is 10.6 Å². The van der Waals surface area contributed by atoms with Crippen molar-refractivity contribution in [1.29, 1.82) is 0 Å². The highest BCUT2D eigenvalue weighted by Crippen LogP contribution is 2.19. The third-order valence-electron chi connectivity index (χ3n) is 3.50. The smallest absolute Gasteiger partial charge is 0.269 e. The maximum Gasteiger partial charge on any atom is 0.269 e. The number of amides is 1. The largest absolute Gasteiger partial charge is 0.387 e. The van der Waals surface area contributed by atoms with Crippen LogP contribution >= 0.6 is 0 Å². The van der Waals surface area contributed by atoms with Gasteiger partial charge in [-0.05, 0) is 29.9 Å². The lowest BCUT2D eigenvalue weighted by atomic mass is 9.85. The van der Waals surface area contributed by atoms with Gasteiger partial charge in [0.15, 0.2) is 0 Å². The van der Waals surface area contributed by atoms with E-state index in [1.165, 1.54) is 0 Å². The molecule has 106 valence electrons. The van der Waals surface area contributed by atoms with Gasteiger partial charge in [0, 0.05) is 13.6 Å². The van der Waals surface area contributed by atoms with Crippen LogP contribution in [0.1, 0.15) is 38.2 Å². The quantitative estimate of drug-likeness (QED) is 0.829. The third kappa shape index (κ3) is 4.54. The summed E-state index contributed by atoms with van der Waals surface area (Å²) in [7, 11) is 1.83. The molecule has 0 saturated heterocycles. The number of carbonyl (C=O) groups is 1. The lowest BCUT2D eigenvalue weighted by Crippen LogP contribution is -2.34. The van der Waals surface area contributed by atoms with Crippen molar-refractivity contribution in [1.82, 2.24) is 10.3 Å². The van der Waals surface area contributed by atoms with Crippen molar-refractivity contribution in [3.63, 3.8) is 0 Å². The van der Waals surface area contributed by atoms with E-state index >= 15 is 0 Å². The minimum atomic E-state index is -0.103. The Bertz CT molecular complexity index is 390. The zero-order valence-electron chi connectivity index (χ0n) is 12.5. The molecule has 1 rings (SSSR count). The first-order chi connectivity index (χ1) is 8.95. The molecule has 1 aromatic rings. The normalized spacial score (nSPS) is 11.2. The molecule has 0 bridgehead atoms. The Hall–Kier alpha value is -1.58. The van der Waals surface area contributed by atoms with Gasteiger partial charge in [0.2, 0.25) is 0 Å². The van der Waals surface area contributed by atoms with E-state index in [1.54, 1.807) is 12.3 Å². The fourth-order valence-electron chi connectivity index (χ4n) is 2.22. The van der Waals surface area contributed by atoms with Gasteiger partial charge in [-0.1, -0.05) is 27.7 Å². The van der Waals surface area contributed by atoms with Crippen LogP contribution in [0.25, 0.3) is 0 Å². The summed E-state index contributed by atoms with van der Waals surface area (Å²) in [4.78, 5) is 16.1. The molecule has 0 radical (unpaired) electrons. The van der Waals surface area contributed by atoms with Crippen molar-refractivity contribution < 1.29 is 4.79 Å². The number of nitrogens with one attached hydrogen (secondary N) is 2. The van der Waals surface area contributed by atoms with Crippen molar-refractivity contribution in [2.24, 2.45) is 17.8 Å². The molecule has 1 aromatic heterocycles. The Kier molecular flexibility index (Phi) is 5.80. The maximum absolute atomic E-state index is 12.0. The minimum absolute atomic E-state index is 0.103. The average molecular weight is 263 g/mol. The van der Waals surface area contributed by atoms with Crippen LogP contribution in [0.4, 0.5) is 5.69 Å². The van der Waals surface area contributed by atoms with Gasteiger partial charge in [0.05, 0.1) is 11.9 Å². The second-order valence-corrected chi connectivity index (χ2v) is 5.54. The van der Waals surface area contributed by atoms with Gasteiger partial charge in [0.25, 0.3) is 5.91 Å². The fourth-order valence-corrected chi connectivity index (χ4v) is 2.22. The molecule has 0 aliphatic heterocycles. The van der Waals surface area contributed by atoms with E-state index in [1.807, 2.05) is 13.1 Å². The summed E-state index contributed by atoms with van der Waals surface area (Å²) in [6.07, 6.45) is 1.66. The lowest BCUT2D eigenvalue weighted by Gasteiger charge is -2.24. The van der Waals surface area contributed by atoms with Gasteiger partial charge < -0.3 is 10.6 Å². The summed E-state index contributed by atoms with van der Waals surface area (Å²) < 4.78 is 0. The number of hydrogen-bond acceptors (Lipinski definition) is 3. The van der Waals surface area contributed by atoms with Gasteiger partial charge in [-0.15, -0.1) is 0 Å². The van der Waals surface area contributed by atoms with Crippen molar-refractivity contribution in [3.8, 4) is 0 Å². The molecular formula is C15H25N3O. The molecule has 4 nitrogen and oxygen atoms in total. The summed E-state index contributed by atoms with van der Waals surface area (Å²) in [5, 5.41) is 5.96. The molecule has 4 heteroatoms. The molecule has 2 N–H and O–H groups in total. The van der Waals surface area contributed by atoms with Crippen molar-refractivity contribution in [2.75, 3.05) is 18.9 Å². The zero-order chi connectivity index (χ0) is 14.4. The summed E-state index contributed by atoms with van der Waals surface area (Å²) in [5.41, 5.74) is 1.36. The number of rotatable bonds is 6. The fraction of sp³-hybridized carbons (Fsp3) is 0.600. The minimum Gasteiger partial charge on any atom is -0.387 e. The lowest BCUT2D eigenvalue weighted by molar-refractivity contribution is 0.0932. The van der Waals surface area contributed by atoms with Gasteiger partial charge in [-0.2, -0.15) is 0 Å². The SMILES string of the molecule is CNc1ccc(C(=O)NCC(C(C)C)C(C)C)nc1. The Morgan fingerprint density at radius 1 is 1.21 bits per heavy atom. The van der Waals surface area contributed by atoms with Gasteiger partial charge in [0.1, 0.15) is 5.69 Å². The van der Waals surface area contributed by atoms with E-state index in [9.17, 15) is 4.79 Å². The van der Waals surface area contributed by atoms with Crippen LogP contribution in [0.15, 0.2) is 18.3 Å². The second kappa shape index (κ2) is 7.12. The number of nitrogens with zero attached hydrogens (tertiary/aromatic N) is 1.